The van der Waals surface area contributed by atoms with Crippen LogP contribution in [0, 0.1) is 18.3 Å². The highest BCUT2D eigenvalue weighted by atomic mass is 32.1. The first-order valence-electron chi connectivity index (χ1n) is 9.67. The Morgan fingerprint density at radius 2 is 1.92 bits per heavy atom. The first kappa shape index (κ1) is 17.6. The molecule has 2 heterocycles. The lowest BCUT2D eigenvalue weighted by molar-refractivity contribution is 0.0934. The summed E-state index contributed by atoms with van der Waals surface area (Å²) in [5.41, 5.74) is 4.89. The van der Waals surface area contributed by atoms with Crippen molar-refractivity contribution < 1.29 is 4.79 Å². The molecule has 1 aliphatic carbocycles. The number of rotatable bonds is 3. The average molecular weight is 369 g/mol. The molecule has 0 saturated heterocycles. The van der Waals surface area contributed by atoms with Crippen molar-refractivity contribution in [1.29, 1.82) is 0 Å². The van der Waals surface area contributed by atoms with Crippen molar-refractivity contribution in [2.75, 3.05) is 5.32 Å². The Labute approximate surface area is 160 Å². The fourth-order valence-electron chi connectivity index (χ4n) is 4.18. The molecule has 4 rings (SSSR count). The second-order valence-corrected chi connectivity index (χ2v) is 9.56. The lowest BCUT2D eigenvalue weighted by atomic mass is 9.69. The number of benzene rings is 1. The van der Waals surface area contributed by atoms with Gasteiger partial charge < -0.3 is 10.6 Å². The Morgan fingerprint density at radius 3 is 2.62 bits per heavy atom. The maximum absolute atomic E-state index is 12.9. The molecule has 1 aliphatic heterocycles. The molecule has 0 bridgehead atoms. The van der Waals surface area contributed by atoms with E-state index in [0.29, 0.717) is 11.3 Å². The summed E-state index contributed by atoms with van der Waals surface area (Å²) in [5, 5.41) is 7.78. The number of aryl methyl sites for hydroxylation is 1. The van der Waals surface area contributed by atoms with Crippen molar-refractivity contribution in [3.63, 3.8) is 0 Å². The fourth-order valence-corrected chi connectivity index (χ4v) is 5.53. The van der Waals surface area contributed by atoms with Gasteiger partial charge in [0, 0.05) is 4.88 Å². The molecule has 2 aromatic rings. The van der Waals surface area contributed by atoms with Crippen LogP contribution < -0.4 is 10.6 Å². The van der Waals surface area contributed by atoms with Crippen molar-refractivity contribution in [3.8, 4) is 0 Å². The van der Waals surface area contributed by atoms with Gasteiger partial charge in [-0.2, -0.15) is 0 Å². The number of amides is 1. The Hall–Kier alpha value is -1.81. The summed E-state index contributed by atoms with van der Waals surface area (Å²) in [6.45, 7) is 9.13. The van der Waals surface area contributed by atoms with E-state index in [1.807, 2.05) is 0 Å². The highest BCUT2D eigenvalue weighted by Crippen LogP contribution is 2.46. The van der Waals surface area contributed by atoms with Crippen LogP contribution in [-0.2, 0) is 12.8 Å². The number of hydrogen-bond acceptors (Lipinski definition) is 3. The quantitative estimate of drug-likeness (QED) is 0.756. The SMILES string of the molecule is CCC(C)(C)[C@@H]1CCc2c(sc3c2C(=O)N[C@H](c2ccc(C)cc2)N3)C1. The van der Waals surface area contributed by atoms with E-state index in [1.54, 1.807) is 11.3 Å². The predicted molar refractivity (Wildman–Crippen MR) is 109 cm³/mol. The van der Waals surface area contributed by atoms with E-state index in [-0.39, 0.29) is 12.1 Å². The summed E-state index contributed by atoms with van der Waals surface area (Å²) in [6, 6.07) is 8.36. The molecule has 1 aromatic carbocycles. The van der Waals surface area contributed by atoms with Crippen LogP contribution in [-0.4, -0.2) is 5.91 Å². The van der Waals surface area contributed by atoms with Crippen LogP contribution in [0.1, 0.15) is 71.7 Å². The number of hydrogen-bond donors (Lipinski definition) is 2. The van der Waals surface area contributed by atoms with Gasteiger partial charge in [0.15, 0.2) is 0 Å². The van der Waals surface area contributed by atoms with Gasteiger partial charge in [0.25, 0.3) is 5.91 Å². The molecule has 3 nitrogen and oxygen atoms in total. The molecule has 2 atom stereocenters. The topological polar surface area (TPSA) is 41.1 Å². The van der Waals surface area contributed by atoms with Crippen LogP contribution >= 0.6 is 11.3 Å². The second-order valence-electron chi connectivity index (χ2n) is 8.45. The smallest absolute Gasteiger partial charge is 0.256 e. The van der Waals surface area contributed by atoms with Gasteiger partial charge in [0.05, 0.1) is 5.56 Å². The maximum Gasteiger partial charge on any atom is 0.256 e. The number of fused-ring (bicyclic) bond motifs is 3. The summed E-state index contributed by atoms with van der Waals surface area (Å²) in [4.78, 5) is 14.3. The molecule has 26 heavy (non-hydrogen) atoms. The Balaban J connectivity index is 1.63. The highest BCUT2D eigenvalue weighted by Gasteiger charge is 2.37. The van der Waals surface area contributed by atoms with E-state index in [4.69, 9.17) is 0 Å². The van der Waals surface area contributed by atoms with Gasteiger partial charge in [-0.25, -0.2) is 0 Å². The molecule has 0 saturated carbocycles. The van der Waals surface area contributed by atoms with Gasteiger partial charge >= 0.3 is 0 Å². The number of carbonyl (C=O) groups is 1. The third kappa shape index (κ3) is 2.94. The third-order valence-corrected chi connectivity index (χ3v) is 7.66. The molecule has 4 heteroatoms. The lowest BCUT2D eigenvalue weighted by Crippen LogP contribution is -2.38. The number of nitrogens with one attached hydrogen (secondary N) is 2. The van der Waals surface area contributed by atoms with E-state index in [2.05, 4.69) is 62.6 Å². The summed E-state index contributed by atoms with van der Waals surface area (Å²) < 4.78 is 0. The monoisotopic (exact) mass is 368 g/mol. The van der Waals surface area contributed by atoms with E-state index in [1.165, 1.54) is 28.8 Å². The zero-order chi connectivity index (χ0) is 18.5. The molecule has 138 valence electrons. The van der Waals surface area contributed by atoms with Crippen LogP contribution in [0.4, 0.5) is 5.00 Å². The molecule has 1 amide bonds. The first-order valence-corrected chi connectivity index (χ1v) is 10.5. The van der Waals surface area contributed by atoms with Gasteiger partial charge in [0.2, 0.25) is 0 Å². The standard InChI is InChI=1S/C22H28N2OS/c1-5-22(3,4)15-10-11-16-17(12-15)26-21-18(16)20(25)23-19(24-21)14-8-6-13(2)7-9-14/h6-9,15,19,24H,5,10-12H2,1-4H3,(H,23,25)/t15-,19+/m1/s1. The molecule has 0 fully saturated rings. The van der Waals surface area contributed by atoms with Crippen LogP contribution in [0.5, 0.6) is 0 Å². The Morgan fingerprint density at radius 1 is 1.19 bits per heavy atom. The summed E-state index contributed by atoms with van der Waals surface area (Å²) in [6.07, 6.45) is 4.38. The second kappa shape index (κ2) is 6.41. The minimum Gasteiger partial charge on any atom is -0.353 e. The van der Waals surface area contributed by atoms with Crippen LogP contribution in [0.3, 0.4) is 0 Å². The molecular formula is C22H28N2OS. The highest BCUT2D eigenvalue weighted by molar-refractivity contribution is 7.16. The van der Waals surface area contributed by atoms with Crippen LogP contribution in [0.2, 0.25) is 0 Å². The Kier molecular flexibility index (Phi) is 4.34. The molecule has 0 spiro atoms. The van der Waals surface area contributed by atoms with Gasteiger partial charge in [-0.05, 0) is 48.6 Å². The van der Waals surface area contributed by atoms with Gasteiger partial charge in [-0.3, -0.25) is 4.79 Å². The third-order valence-electron chi connectivity index (χ3n) is 6.47. The van der Waals surface area contributed by atoms with Crippen LogP contribution in [0.25, 0.3) is 0 Å². The summed E-state index contributed by atoms with van der Waals surface area (Å²) in [7, 11) is 0. The lowest BCUT2D eigenvalue weighted by Gasteiger charge is -2.36. The first-order chi connectivity index (χ1) is 12.4. The van der Waals surface area contributed by atoms with E-state index < -0.39 is 0 Å². The van der Waals surface area contributed by atoms with Crippen molar-refractivity contribution in [2.45, 2.75) is 59.5 Å². The maximum atomic E-state index is 12.9. The van der Waals surface area contributed by atoms with Gasteiger partial charge in [-0.15, -0.1) is 11.3 Å². The number of thiophene rings is 1. The van der Waals surface area contributed by atoms with Crippen molar-refractivity contribution >= 4 is 22.2 Å². The molecule has 0 radical (unpaired) electrons. The van der Waals surface area contributed by atoms with E-state index >= 15 is 0 Å². The number of carbonyl (C=O) groups excluding carboxylic acids is 1. The summed E-state index contributed by atoms with van der Waals surface area (Å²) in [5.74, 6) is 0.783. The average Bonchev–Trinajstić information content (AvgIpc) is 3.00. The largest absolute Gasteiger partial charge is 0.353 e. The molecule has 2 N–H and O–H groups in total. The van der Waals surface area contributed by atoms with Crippen molar-refractivity contribution in [3.05, 3.63) is 51.4 Å². The van der Waals surface area contributed by atoms with E-state index in [0.717, 1.165) is 29.0 Å². The van der Waals surface area contributed by atoms with Crippen molar-refractivity contribution in [1.82, 2.24) is 5.32 Å². The predicted octanol–water partition coefficient (Wildman–Crippen LogP) is 5.45. The molecule has 1 aromatic heterocycles. The number of anilines is 1. The van der Waals surface area contributed by atoms with Crippen molar-refractivity contribution in [2.24, 2.45) is 11.3 Å². The summed E-state index contributed by atoms with van der Waals surface area (Å²) >= 11 is 1.80. The molecule has 0 unspecified atom stereocenters. The van der Waals surface area contributed by atoms with Gasteiger partial charge in [0.1, 0.15) is 11.2 Å². The minimum absolute atomic E-state index is 0.0787. The molecular weight excluding hydrogens is 340 g/mol. The van der Waals surface area contributed by atoms with Gasteiger partial charge in [-0.1, -0.05) is 57.0 Å². The zero-order valence-electron chi connectivity index (χ0n) is 16.1. The zero-order valence-corrected chi connectivity index (χ0v) is 16.9. The fraction of sp³-hybridized carbons (Fsp3) is 0.500. The Bertz CT molecular complexity index is 835. The van der Waals surface area contributed by atoms with Crippen LogP contribution in [0.15, 0.2) is 24.3 Å². The van der Waals surface area contributed by atoms with E-state index in [9.17, 15) is 4.79 Å². The minimum atomic E-state index is -0.140. The normalized spacial score (nSPS) is 22.2. The molecule has 2 aliphatic rings.